The largest absolute Gasteiger partial charge is 0.493 e. The molecule has 158 valence electrons. The number of amides is 1. The zero-order chi connectivity index (χ0) is 21.8. The van der Waals surface area contributed by atoms with E-state index in [-0.39, 0.29) is 24.0 Å². The van der Waals surface area contributed by atoms with E-state index in [1.807, 2.05) is 0 Å². The molecule has 1 aliphatic rings. The number of carbonyl (C=O) groups excluding carboxylic acids is 3. The normalized spacial score (nSPS) is 14.5. The summed E-state index contributed by atoms with van der Waals surface area (Å²) in [6.45, 7) is 1.38. The molecular formula is C22H23NO7. The molecule has 0 aromatic heterocycles. The molecule has 0 bridgehead atoms. The molecule has 3 rings (SSSR count). The number of anilines is 1. The Hall–Kier alpha value is -3.55. The molecule has 2 aromatic rings. The van der Waals surface area contributed by atoms with Crippen molar-refractivity contribution in [2.45, 2.75) is 19.3 Å². The highest BCUT2D eigenvalue weighted by Gasteiger charge is 2.27. The van der Waals surface area contributed by atoms with Gasteiger partial charge in [-0.05, 0) is 48.4 Å². The van der Waals surface area contributed by atoms with Crippen LogP contribution in [0.2, 0.25) is 0 Å². The first-order valence-corrected chi connectivity index (χ1v) is 9.30. The lowest BCUT2D eigenvalue weighted by Gasteiger charge is -2.14. The van der Waals surface area contributed by atoms with Gasteiger partial charge in [-0.1, -0.05) is 0 Å². The zero-order valence-electron chi connectivity index (χ0n) is 17.2. The quantitative estimate of drug-likeness (QED) is 0.525. The summed E-state index contributed by atoms with van der Waals surface area (Å²) in [5.41, 5.74) is 2.44. The fourth-order valence-electron chi connectivity index (χ4n) is 3.27. The topological polar surface area (TPSA) is 100 Å². The van der Waals surface area contributed by atoms with Crippen molar-refractivity contribution in [1.29, 1.82) is 0 Å². The molecule has 0 unspecified atom stereocenters. The van der Waals surface area contributed by atoms with E-state index in [0.717, 1.165) is 5.56 Å². The lowest BCUT2D eigenvalue weighted by Crippen LogP contribution is -2.16. The number of ketones is 1. The van der Waals surface area contributed by atoms with Crippen molar-refractivity contribution in [3.05, 3.63) is 47.0 Å². The number of rotatable bonds is 8. The Balaban J connectivity index is 1.64. The molecule has 1 aliphatic heterocycles. The fourth-order valence-corrected chi connectivity index (χ4v) is 3.27. The van der Waals surface area contributed by atoms with Crippen LogP contribution in [-0.4, -0.2) is 45.6 Å². The Morgan fingerprint density at radius 1 is 1.00 bits per heavy atom. The number of Topliss-reactive ketones (excluding diaryl/α,β-unsaturated/α-hetero) is 1. The molecule has 0 saturated carbocycles. The maximum atomic E-state index is 12.4. The molecule has 8 heteroatoms. The van der Waals surface area contributed by atoms with Gasteiger partial charge < -0.3 is 24.3 Å². The minimum atomic E-state index is -0.566. The first-order chi connectivity index (χ1) is 14.4. The van der Waals surface area contributed by atoms with E-state index in [1.54, 1.807) is 37.3 Å². The van der Waals surface area contributed by atoms with Crippen LogP contribution in [0.4, 0.5) is 5.69 Å². The highest BCUT2D eigenvalue weighted by atomic mass is 16.5. The van der Waals surface area contributed by atoms with Crippen molar-refractivity contribution in [3.63, 3.8) is 0 Å². The summed E-state index contributed by atoms with van der Waals surface area (Å²) in [6, 6.07) is 8.24. The summed E-state index contributed by atoms with van der Waals surface area (Å²) in [7, 11) is 4.46. The van der Waals surface area contributed by atoms with Gasteiger partial charge in [-0.2, -0.15) is 0 Å². The molecule has 2 aromatic carbocycles. The second-order valence-electron chi connectivity index (χ2n) is 6.81. The summed E-state index contributed by atoms with van der Waals surface area (Å²) < 4.78 is 20.9. The van der Waals surface area contributed by atoms with Crippen LogP contribution in [0.1, 0.15) is 34.3 Å². The summed E-state index contributed by atoms with van der Waals surface area (Å²) in [6.07, 6.45) is -0.0658. The molecule has 0 saturated heterocycles. The Morgan fingerprint density at radius 3 is 2.27 bits per heavy atom. The van der Waals surface area contributed by atoms with Crippen LogP contribution in [0, 0.1) is 0 Å². The summed E-state index contributed by atoms with van der Waals surface area (Å²) in [4.78, 5) is 36.4. The predicted octanol–water partition coefficient (Wildman–Crippen LogP) is 2.74. The second-order valence-corrected chi connectivity index (χ2v) is 6.81. The van der Waals surface area contributed by atoms with Crippen LogP contribution in [0.3, 0.4) is 0 Å². The number of hydrogen-bond acceptors (Lipinski definition) is 7. The number of benzene rings is 2. The van der Waals surface area contributed by atoms with E-state index < -0.39 is 12.6 Å². The minimum absolute atomic E-state index is 0.0658. The number of methoxy groups -OCH3 is 3. The van der Waals surface area contributed by atoms with E-state index in [1.165, 1.54) is 21.3 Å². The monoisotopic (exact) mass is 413 g/mol. The van der Waals surface area contributed by atoms with Crippen LogP contribution < -0.4 is 19.5 Å². The Morgan fingerprint density at radius 2 is 1.67 bits per heavy atom. The average Bonchev–Trinajstić information content (AvgIpc) is 3.04. The van der Waals surface area contributed by atoms with Crippen LogP contribution in [-0.2, 0) is 20.7 Å². The van der Waals surface area contributed by atoms with Gasteiger partial charge in [0.1, 0.15) is 0 Å². The summed E-state index contributed by atoms with van der Waals surface area (Å²) in [5.74, 6) is -0.0725. The molecule has 8 nitrogen and oxygen atoms in total. The molecule has 1 N–H and O–H groups in total. The van der Waals surface area contributed by atoms with Crippen LogP contribution in [0.5, 0.6) is 17.2 Å². The van der Waals surface area contributed by atoms with Crippen molar-refractivity contribution in [3.8, 4) is 17.2 Å². The standard InChI is InChI=1S/C22H23NO7/c1-12-15-10-14(5-6-16(15)23-22(12)26)17(24)11-30-20(25)9-13-7-18(27-2)21(29-4)19(8-13)28-3/h5-8,10,12H,9,11H2,1-4H3,(H,23,26)/t12-/m0/s1. The van der Waals surface area contributed by atoms with Gasteiger partial charge in [0, 0.05) is 11.3 Å². The molecule has 1 amide bonds. The van der Waals surface area contributed by atoms with Crippen molar-refractivity contribution >= 4 is 23.3 Å². The van der Waals surface area contributed by atoms with Gasteiger partial charge in [0.15, 0.2) is 23.9 Å². The van der Waals surface area contributed by atoms with Gasteiger partial charge in [-0.25, -0.2) is 0 Å². The van der Waals surface area contributed by atoms with E-state index in [0.29, 0.717) is 34.1 Å². The van der Waals surface area contributed by atoms with Gasteiger partial charge in [-0.3, -0.25) is 14.4 Å². The third kappa shape index (κ3) is 4.22. The smallest absolute Gasteiger partial charge is 0.310 e. The minimum Gasteiger partial charge on any atom is -0.493 e. The highest BCUT2D eigenvalue weighted by Crippen LogP contribution is 2.38. The number of carbonyl (C=O) groups is 3. The van der Waals surface area contributed by atoms with Crippen molar-refractivity contribution in [2.75, 3.05) is 33.3 Å². The predicted molar refractivity (Wildman–Crippen MR) is 109 cm³/mol. The Labute approximate surface area is 174 Å². The average molecular weight is 413 g/mol. The Kier molecular flexibility index (Phi) is 6.25. The lowest BCUT2D eigenvalue weighted by molar-refractivity contribution is -0.141. The lowest BCUT2D eigenvalue weighted by atomic mass is 9.99. The van der Waals surface area contributed by atoms with Crippen LogP contribution >= 0.6 is 0 Å². The maximum absolute atomic E-state index is 12.4. The summed E-state index contributed by atoms with van der Waals surface area (Å²) >= 11 is 0. The first kappa shape index (κ1) is 21.2. The molecule has 1 atom stereocenters. The molecule has 0 radical (unpaired) electrons. The number of hydrogen-bond donors (Lipinski definition) is 1. The van der Waals surface area contributed by atoms with Gasteiger partial charge in [0.25, 0.3) is 0 Å². The van der Waals surface area contributed by atoms with E-state index >= 15 is 0 Å². The number of fused-ring (bicyclic) bond motifs is 1. The fraction of sp³-hybridized carbons (Fsp3) is 0.318. The van der Waals surface area contributed by atoms with E-state index in [9.17, 15) is 14.4 Å². The SMILES string of the molecule is COc1cc(CC(=O)OCC(=O)c2ccc3c(c2)[C@H](C)C(=O)N3)cc(OC)c1OC. The molecule has 1 heterocycles. The van der Waals surface area contributed by atoms with Crippen molar-refractivity contribution in [2.24, 2.45) is 0 Å². The van der Waals surface area contributed by atoms with Crippen molar-refractivity contribution in [1.82, 2.24) is 0 Å². The van der Waals surface area contributed by atoms with Crippen molar-refractivity contribution < 1.29 is 33.3 Å². The number of esters is 1. The highest BCUT2D eigenvalue weighted by molar-refractivity contribution is 6.05. The van der Waals surface area contributed by atoms with Crippen LogP contribution in [0.15, 0.2) is 30.3 Å². The van der Waals surface area contributed by atoms with E-state index in [2.05, 4.69) is 5.32 Å². The molecule has 0 spiro atoms. The van der Waals surface area contributed by atoms with Gasteiger partial charge in [0.2, 0.25) is 11.7 Å². The van der Waals surface area contributed by atoms with E-state index in [4.69, 9.17) is 18.9 Å². The third-order valence-corrected chi connectivity index (χ3v) is 4.93. The number of ether oxygens (including phenoxy) is 4. The molecular weight excluding hydrogens is 390 g/mol. The Bertz CT molecular complexity index is 974. The third-order valence-electron chi connectivity index (χ3n) is 4.93. The zero-order valence-corrected chi connectivity index (χ0v) is 17.2. The molecule has 30 heavy (non-hydrogen) atoms. The first-order valence-electron chi connectivity index (χ1n) is 9.30. The van der Waals surface area contributed by atoms with Gasteiger partial charge in [-0.15, -0.1) is 0 Å². The number of nitrogens with one attached hydrogen (secondary N) is 1. The van der Waals surface area contributed by atoms with Gasteiger partial charge in [0.05, 0.1) is 33.7 Å². The maximum Gasteiger partial charge on any atom is 0.310 e. The van der Waals surface area contributed by atoms with Gasteiger partial charge >= 0.3 is 5.97 Å². The molecule has 0 aliphatic carbocycles. The molecule has 0 fully saturated rings. The second kappa shape index (κ2) is 8.86. The van der Waals surface area contributed by atoms with Crippen LogP contribution in [0.25, 0.3) is 0 Å². The summed E-state index contributed by atoms with van der Waals surface area (Å²) in [5, 5.41) is 2.75.